The maximum Gasteiger partial charge on any atom is 0.305 e. The second kappa shape index (κ2) is 21.4. The number of carboxylic acid groups (broad SMARTS) is 1. The number of aliphatic carboxylic acids is 1. The summed E-state index contributed by atoms with van der Waals surface area (Å²) in [4.78, 5) is 129. The van der Waals surface area contributed by atoms with E-state index in [9.17, 15) is 63.4 Å². The highest BCUT2D eigenvalue weighted by atomic mass is 33.1. The van der Waals surface area contributed by atoms with Crippen LogP contribution in [0.15, 0.2) is 24.3 Å². The zero-order valence-electron chi connectivity index (χ0n) is 29.9. The average molecular weight is 836 g/mol. The molecule has 57 heavy (non-hydrogen) atoms. The predicted molar refractivity (Wildman–Crippen MR) is 198 cm³/mol. The van der Waals surface area contributed by atoms with Gasteiger partial charge in [0, 0.05) is 24.5 Å². The van der Waals surface area contributed by atoms with E-state index in [1.807, 2.05) is 6.07 Å². The monoisotopic (exact) mass is 835 g/mol. The molecule has 0 aliphatic carbocycles. The molecule has 9 amide bonds. The molecule has 0 bridgehead atoms. The molecule has 308 valence electrons. The van der Waals surface area contributed by atoms with E-state index in [2.05, 4.69) is 31.9 Å². The van der Waals surface area contributed by atoms with Crippen molar-refractivity contribution in [2.75, 3.05) is 31.1 Å². The van der Waals surface area contributed by atoms with E-state index < -0.39 is 127 Å². The van der Waals surface area contributed by atoms with E-state index in [4.69, 9.17) is 17.2 Å². The fraction of sp³-hybridized carbons (Fsp3) is 0.469. The first-order valence-corrected chi connectivity index (χ1v) is 19.4. The van der Waals surface area contributed by atoms with Crippen molar-refractivity contribution in [3.05, 3.63) is 35.4 Å². The van der Waals surface area contributed by atoms with Crippen molar-refractivity contribution in [2.45, 2.75) is 61.6 Å². The molecule has 23 nitrogen and oxygen atoms in total. The molecule has 1 aromatic carbocycles. The lowest BCUT2D eigenvalue weighted by Crippen LogP contribution is -2.57. The number of fused-ring (bicyclic) bond motifs is 1. The van der Waals surface area contributed by atoms with Crippen molar-refractivity contribution < 1.29 is 58.2 Å². The number of aliphatic hydroxyl groups is 1. The Labute approximate surface area is 331 Å². The lowest BCUT2D eigenvalue weighted by molar-refractivity contribution is -0.141. The van der Waals surface area contributed by atoms with Crippen molar-refractivity contribution in [3.8, 4) is 6.07 Å². The molecule has 14 N–H and O–H groups in total. The number of carbonyl (C=O) groups excluding carboxylic acids is 9. The van der Waals surface area contributed by atoms with Crippen LogP contribution >= 0.6 is 21.6 Å². The Morgan fingerprint density at radius 1 is 0.842 bits per heavy atom. The first kappa shape index (κ1) is 45.4. The number of carboxylic acids is 1. The summed E-state index contributed by atoms with van der Waals surface area (Å²) in [6, 6.07) is -1.77. The molecule has 1 aromatic rings. The number of hydrogen-bond donors (Lipinski definition) is 11. The summed E-state index contributed by atoms with van der Waals surface area (Å²) in [7, 11) is 1.86. The van der Waals surface area contributed by atoms with Gasteiger partial charge in [-0.3, -0.25) is 47.9 Å². The van der Waals surface area contributed by atoms with Crippen LogP contribution in [0.5, 0.6) is 0 Å². The number of benzene rings is 1. The number of hydrogen-bond acceptors (Lipinski definition) is 15. The highest BCUT2D eigenvalue weighted by Crippen LogP contribution is 2.23. The van der Waals surface area contributed by atoms with Crippen LogP contribution in [-0.4, -0.2) is 142 Å². The molecule has 2 heterocycles. The van der Waals surface area contributed by atoms with Gasteiger partial charge in [-0.2, -0.15) is 5.26 Å². The smallest absolute Gasteiger partial charge is 0.305 e. The molecule has 25 heteroatoms. The van der Waals surface area contributed by atoms with Gasteiger partial charge < -0.3 is 64.2 Å². The van der Waals surface area contributed by atoms with Gasteiger partial charge in [0.05, 0.1) is 49.7 Å². The van der Waals surface area contributed by atoms with Gasteiger partial charge in [0.1, 0.15) is 30.2 Å². The van der Waals surface area contributed by atoms with Gasteiger partial charge in [-0.25, -0.2) is 0 Å². The maximum atomic E-state index is 13.5. The largest absolute Gasteiger partial charge is 0.481 e. The maximum absolute atomic E-state index is 13.5. The zero-order chi connectivity index (χ0) is 42.4. The Bertz CT molecular complexity index is 1810. The number of amides is 9. The molecule has 0 saturated carbocycles. The number of nitrogens with two attached hydrogens (primary N) is 3. The molecule has 3 rings (SSSR count). The van der Waals surface area contributed by atoms with Gasteiger partial charge in [0.25, 0.3) is 0 Å². The van der Waals surface area contributed by atoms with E-state index in [-0.39, 0.29) is 35.6 Å². The summed E-state index contributed by atoms with van der Waals surface area (Å²) in [5.74, 6) is -10.9. The minimum atomic E-state index is -1.71. The van der Waals surface area contributed by atoms with Gasteiger partial charge >= 0.3 is 5.97 Å². The summed E-state index contributed by atoms with van der Waals surface area (Å²) in [6.07, 6.45) is -3.21. The Kier molecular flexibility index (Phi) is 17.0. The lowest BCUT2D eigenvalue weighted by Gasteiger charge is -2.27. The fourth-order valence-corrected chi connectivity index (χ4v) is 7.72. The summed E-state index contributed by atoms with van der Waals surface area (Å²) in [5.41, 5.74) is 16.8. The van der Waals surface area contributed by atoms with E-state index in [1.54, 1.807) is 0 Å². The van der Waals surface area contributed by atoms with Gasteiger partial charge in [0.15, 0.2) is 0 Å². The summed E-state index contributed by atoms with van der Waals surface area (Å²) < 4.78 is 0. The third kappa shape index (κ3) is 13.9. The van der Waals surface area contributed by atoms with Crippen molar-refractivity contribution in [1.29, 1.82) is 5.26 Å². The average Bonchev–Trinajstić information content (AvgIpc) is 3.56. The normalized spacial score (nSPS) is 26.6. The van der Waals surface area contributed by atoms with Gasteiger partial charge in [-0.05, 0) is 17.7 Å². The van der Waals surface area contributed by atoms with Crippen molar-refractivity contribution in [3.63, 3.8) is 0 Å². The molecule has 0 aromatic heterocycles. The zero-order valence-corrected chi connectivity index (χ0v) is 31.6. The quantitative estimate of drug-likeness (QED) is 0.119. The third-order valence-corrected chi connectivity index (χ3v) is 10.7. The van der Waals surface area contributed by atoms with Crippen LogP contribution in [-0.2, 0) is 47.9 Å². The Hall–Kier alpha value is -5.97. The van der Waals surface area contributed by atoms with E-state index in [0.717, 1.165) is 26.5 Å². The van der Waals surface area contributed by atoms with Crippen molar-refractivity contribution in [1.82, 2.24) is 36.8 Å². The van der Waals surface area contributed by atoms with Crippen molar-refractivity contribution in [2.24, 2.45) is 17.2 Å². The molecular formula is C32H41N11O12S2. The van der Waals surface area contributed by atoms with Gasteiger partial charge in [-0.15, -0.1) is 0 Å². The molecule has 7 atom stereocenters. The number of aliphatic hydroxyl groups excluding tert-OH is 1. The van der Waals surface area contributed by atoms with E-state index in [1.165, 1.54) is 24.3 Å². The van der Waals surface area contributed by atoms with E-state index in [0.29, 0.717) is 0 Å². The van der Waals surface area contributed by atoms with Crippen LogP contribution in [0.3, 0.4) is 0 Å². The second-order valence-corrected chi connectivity index (χ2v) is 15.2. The summed E-state index contributed by atoms with van der Waals surface area (Å²) in [6.45, 7) is -2.01. The number of nitriles is 1. The van der Waals surface area contributed by atoms with Crippen LogP contribution < -0.4 is 49.1 Å². The molecule has 0 unspecified atom stereocenters. The number of nitrogens with one attached hydrogen (secondary N) is 6. The highest BCUT2D eigenvalue weighted by Gasteiger charge is 2.41. The number of rotatable bonds is 6. The minimum absolute atomic E-state index is 0.0686. The summed E-state index contributed by atoms with van der Waals surface area (Å²) >= 11 is 0. The first-order valence-electron chi connectivity index (χ1n) is 16.9. The molecule has 0 radical (unpaired) electrons. The second-order valence-electron chi connectivity index (χ2n) is 12.7. The molecule has 2 aliphatic heterocycles. The molecular weight excluding hydrogens is 795 g/mol. The minimum Gasteiger partial charge on any atom is -0.481 e. The molecule has 0 spiro atoms. The van der Waals surface area contributed by atoms with Gasteiger partial charge in [-0.1, -0.05) is 33.7 Å². The first-order chi connectivity index (χ1) is 26.9. The molecule has 2 fully saturated rings. The SMILES string of the molecule is N#Cc1cccc([C@@H]2NC(=O)CNC(=O)[C@@H](CC(=O)O)NC(=O)[C@H](N)CSSC[C@H](C(N)=O)NC(=O)[C@H](CC(N)=O)NC(=O)[C@@H]3C[C@@H](O)CN3C(=O)CNC2=O)c1. The Morgan fingerprint density at radius 3 is 2.14 bits per heavy atom. The van der Waals surface area contributed by atoms with Crippen LogP contribution in [0.2, 0.25) is 0 Å². The Balaban J connectivity index is 1.95. The van der Waals surface area contributed by atoms with Crippen LogP contribution in [0, 0.1) is 11.3 Å². The fourth-order valence-electron chi connectivity index (χ4n) is 5.42. The summed E-state index contributed by atoms with van der Waals surface area (Å²) in [5, 5.41) is 42.8. The number of carbonyl (C=O) groups is 10. The number of primary amides is 2. The predicted octanol–water partition coefficient (Wildman–Crippen LogP) is -6.08. The standard InChI is InChI=1S/C32H41N11O12S2/c33-8-14-2-1-3-15(4-14)26-32(55)38-10-24(47)43-11-16(44)5-21(43)31(54)40-18(6-22(35)45)30(53)41-20(27(36)50)13-57-56-12-17(34)28(51)39-19(7-25(48)49)29(52)37-9-23(46)42-26/h1-4,16-21,26,44H,5-7,9-13,34H2,(H2,35,45)(H2,36,50)(H,37,52)(H,38,55)(H,39,51)(H,40,54)(H,41,53)(H,42,46)(H,48,49)/t16-,17-,18+,19-,20-,21+,26+/m1/s1. The lowest BCUT2D eigenvalue weighted by atomic mass is 10.0. The van der Waals surface area contributed by atoms with Crippen LogP contribution in [0.4, 0.5) is 0 Å². The van der Waals surface area contributed by atoms with Crippen LogP contribution in [0.1, 0.15) is 36.4 Å². The topological polar surface area (TPSA) is 388 Å². The molecule has 2 saturated heterocycles. The van der Waals surface area contributed by atoms with Crippen molar-refractivity contribution >= 4 is 80.7 Å². The third-order valence-electron chi connectivity index (χ3n) is 8.27. The van der Waals surface area contributed by atoms with E-state index >= 15 is 0 Å². The highest BCUT2D eigenvalue weighted by molar-refractivity contribution is 8.76. The van der Waals surface area contributed by atoms with Crippen LogP contribution in [0.25, 0.3) is 0 Å². The number of nitrogens with zero attached hydrogens (tertiary/aromatic N) is 2. The molecule has 2 aliphatic rings. The Morgan fingerprint density at radius 2 is 1.49 bits per heavy atom. The van der Waals surface area contributed by atoms with Gasteiger partial charge in [0.2, 0.25) is 53.2 Å².